The molecule has 2 heterocycles. The Balaban J connectivity index is 1.87. The summed E-state index contributed by atoms with van der Waals surface area (Å²) < 4.78 is 19.5. The van der Waals surface area contributed by atoms with Crippen molar-refractivity contribution in [2.24, 2.45) is 4.99 Å². The van der Waals surface area contributed by atoms with Crippen molar-refractivity contribution in [1.82, 2.24) is 4.98 Å². The van der Waals surface area contributed by atoms with Crippen LogP contribution in [0.5, 0.6) is 0 Å². The van der Waals surface area contributed by atoms with E-state index in [-0.39, 0.29) is 21.8 Å². The summed E-state index contributed by atoms with van der Waals surface area (Å²) in [6, 6.07) is 18.0. The van der Waals surface area contributed by atoms with Crippen LogP contribution in [0, 0.1) is 12.7 Å². The molecular weight excluding hydrogens is 393 g/mol. The lowest BCUT2D eigenvalue weighted by Gasteiger charge is -2.07. The maximum absolute atomic E-state index is 13.7. The fraction of sp³-hybridized carbons (Fsp3) is 0.0455. The number of hydrogen-bond donors (Lipinski definition) is 1. The van der Waals surface area contributed by atoms with Crippen LogP contribution in [0.3, 0.4) is 0 Å². The molecule has 144 valence electrons. The summed E-state index contributed by atoms with van der Waals surface area (Å²) in [6.07, 6.45) is 0. The average molecular weight is 408 g/mol. The van der Waals surface area contributed by atoms with E-state index in [9.17, 15) is 9.18 Å². The van der Waals surface area contributed by atoms with Crippen LogP contribution in [-0.2, 0) is 0 Å². The van der Waals surface area contributed by atoms with Gasteiger partial charge in [0, 0.05) is 17.1 Å². The number of nitrogens with zero attached hydrogens (tertiary/aromatic N) is 2. The number of para-hydroxylation sites is 1. The number of aryl methyl sites for hydroxylation is 1. The van der Waals surface area contributed by atoms with E-state index in [4.69, 9.17) is 16.0 Å². The van der Waals surface area contributed by atoms with Gasteiger partial charge < -0.3 is 9.73 Å². The van der Waals surface area contributed by atoms with Gasteiger partial charge >= 0.3 is 0 Å². The molecule has 0 spiro atoms. The molecule has 29 heavy (non-hydrogen) atoms. The van der Waals surface area contributed by atoms with Crippen LogP contribution in [0.25, 0.3) is 11.0 Å². The molecular formula is C22H15ClFN3O2. The molecule has 0 aliphatic heterocycles. The molecule has 0 fully saturated rings. The third-order valence-electron chi connectivity index (χ3n) is 4.16. The first kappa shape index (κ1) is 18.8. The molecule has 4 aromatic rings. The van der Waals surface area contributed by atoms with Crippen LogP contribution in [0.1, 0.15) is 16.1 Å². The van der Waals surface area contributed by atoms with E-state index >= 15 is 0 Å². The molecule has 5 nitrogen and oxygen atoms in total. The van der Waals surface area contributed by atoms with Crippen molar-refractivity contribution < 1.29 is 13.6 Å². The molecule has 0 aliphatic rings. The first-order chi connectivity index (χ1) is 14.0. The Hall–Kier alpha value is -3.51. The lowest BCUT2D eigenvalue weighted by Crippen LogP contribution is -2.22. The van der Waals surface area contributed by atoms with Gasteiger partial charge in [0.15, 0.2) is 0 Å². The number of pyridine rings is 1. The lowest BCUT2D eigenvalue weighted by atomic mass is 10.1. The molecule has 2 aromatic heterocycles. The summed E-state index contributed by atoms with van der Waals surface area (Å²) in [4.78, 5) is 21.5. The van der Waals surface area contributed by atoms with Gasteiger partial charge in [0.2, 0.25) is 5.55 Å². The van der Waals surface area contributed by atoms with Gasteiger partial charge in [-0.15, -0.1) is 0 Å². The average Bonchev–Trinajstić information content (AvgIpc) is 2.70. The second-order valence-electron chi connectivity index (χ2n) is 6.33. The number of anilines is 1. The zero-order valence-electron chi connectivity index (χ0n) is 15.3. The highest BCUT2D eigenvalue weighted by Gasteiger charge is 2.14. The van der Waals surface area contributed by atoms with Crippen LogP contribution in [-0.4, -0.2) is 10.9 Å². The number of hydrogen-bond acceptors (Lipinski definition) is 4. The van der Waals surface area contributed by atoms with E-state index in [0.717, 1.165) is 11.1 Å². The van der Waals surface area contributed by atoms with Gasteiger partial charge in [-0.3, -0.25) is 4.79 Å². The summed E-state index contributed by atoms with van der Waals surface area (Å²) in [5.41, 5.74) is 1.65. The van der Waals surface area contributed by atoms with E-state index < -0.39 is 11.7 Å². The smallest absolute Gasteiger partial charge is 0.262 e. The minimum absolute atomic E-state index is 0.0151. The molecule has 0 saturated carbocycles. The Bertz CT molecular complexity index is 1300. The normalized spacial score (nSPS) is 11.6. The second kappa shape index (κ2) is 7.85. The van der Waals surface area contributed by atoms with Crippen molar-refractivity contribution in [3.8, 4) is 0 Å². The Kier molecular flexibility index (Phi) is 5.10. The Morgan fingerprint density at radius 3 is 2.76 bits per heavy atom. The molecule has 1 amide bonds. The van der Waals surface area contributed by atoms with Crippen LogP contribution in [0.2, 0.25) is 5.02 Å². The van der Waals surface area contributed by atoms with Crippen molar-refractivity contribution >= 4 is 40.0 Å². The summed E-state index contributed by atoms with van der Waals surface area (Å²) in [6.45, 7) is 1.83. The van der Waals surface area contributed by atoms with Crippen LogP contribution >= 0.6 is 11.6 Å². The van der Waals surface area contributed by atoms with Crippen LogP contribution in [0.15, 0.2) is 76.1 Å². The van der Waals surface area contributed by atoms with Gasteiger partial charge in [-0.1, -0.05) is 35.9 Å². The van der Waals surface area contributed by atoms with Crippen molar-refractivity contribution in [1.29, 1.82) is 0 Å². The SMILES string of the molecule is Cc1cccc(NC(=O)c2cc3ccccc3oc2=Nc2cc(F)ccc2Cl)n1. The maximum atomic E-state index is 13.7. The predicted molar refractivity (Wildman–Crippen MR) is 110 cm³/mol. The molecule has 2 aromatic carbocycles. The monoisotopic (exact) mass is 407 g/mol. The highest BCUT2D eigenvalue weighted by Crippen LogP contribution is 2.25. The van der Waals surface area contributed by atoms with Gasteiger partial charge in [-0.05, 0) is 43.3 Å². The first-order valence-electron chi connectivity index (χ1n) is 8.77. The fourth-order valence-electron chi connectivity index (χ4n) is 2.79. The van der Waals surface area contributed by atoms with E-state index in [1.807, 2.05) is 25.1 Å². The van der Waals surface area contributed by atoms with Gasteiger partial charge in [0.05, 0.1) is 10.7 Å². The number of halogens is 2. The first-order valence-corrected chi connectivity index (χ1v) is 9.15. The van der Waals surface area contributed by atoms with Crippen LogP contribution in [0.4, 0.5) is 15.9 Å². The Morgan fingerprint density at radius 2 is 1.93 bits per heavy atom. The zero-order valence-corrected chi connectivity index (χ0v) is 16.1. The van der Waals surface area contributed by atoms with Gasteiger partial charge in [-0.2, -0.15) is 0 Å². The summed E-state index contributed by atoms with van der Waals surface area (Å²) in [5, 5.41) is 3.70. The molecule has 0 unspecified atom stereocenters. The quantitative estimate of drug-likeness (QED) is 0.493. The third kappa shape index (κ3) is 4.17. The number of carbonyl (C=O) groups excluding carboxylic acids is 1. The summed E-state index contributed by atoms with van der Waals surface area (Å²) in [7, 11) is 0. The maximum Gasteiger partial charge on any atom is 0.262 e. The standard InChI is InChI=1S/C22H15ClFN3O2/c1-13-5-4-8-20(25-13)27-21(28)16-11-14-6-2-3-7-19(14)29-22(16)26-18-12-15(24)9-10-17(18)23/h2-12H,1H3,(H,25,27,28). The largest absolute Gasteiger partial charge is 0.438 e. The number of amides is 1. The lowest BCUT2D eigenvalue weighted by molar-refractivity contribution is 0.102. The zero-order chi connectivity index (χ0) is 20.4. The van der Waals surface area contributed by atoms with Gasteiger partial charge in [0.1, 0.15) is 22.8 Å². The third-order valence-corrected chi connectivity index (χ3v) is 4.48. The highest BCUT2D eigenvalue weighted by molar-refractivity contribution is 6.32. The van der Waals surface area contributed by atoms with E-state index in [1.165, 1.54) is 18.2 Å². The van der Waals surface area contributed by atoms with E-state index in [2.05, 4.69) is 15.3 Å². The Labute approximate surface area is 170 Å². The van der Waals surface area contributed by atoms with Gasteiger partial charge in [-0.25, -0.2) is 14.4 Å². The number of rotatable bonds is 3. The molecule has 0 aliphatic carbocycles. The molecule has 4 rings (SSSR count). The topological polar surface area (TPSA) is 67.5 Å². The molecule has 7 heteroatoms. The van der Waals surface area contributed by atoms with E-state index in [1.54, 1.807) is 30.3 Å². The minimum Gasteiger partial charge on any atom is -0.438 e. The highest BCUT2D eigenvalue weighted by atomic mass is 35.5. The Morgan fingerprint density at radius 1 is 1.10 bits per heavy atom. The summed E-state index contributed by atoms with van der Waals surface area (Å²) >= 11 is 6.13. The number of carbonyl (C=O) groups is 1. The molecule has 0 radical (unpaired) electrons. The van der Waals surface area contributed by atoms with Crippen molar-refractivity contribution in [3.05, 3.63) is 94.4 Å². The number of aromatic nitrogens is 1. The van der Waals surface area contributed by atoms with Crippen molar-refractivity contribution in [3.63, 3.8) is 0 Å². The fourth-order valence-corrected chi connectivity index (χ4v) is 2.95. The van der Waals surface area contributed by atoms with Gasteiger partial charge in [0.25, 0.3) is 5.91 Å². The molecule has 1 N–H and O–H groups in total. The number of nitrogens with one attached hydrogen (secondary N) is 1. The number of fused-ring (bicyclic) bond motifs is 1. The molecule has 0 bridgehead atoms. The van der Waals surface area contributed by atoms with Crippen LogP contribution < -0.4 is 10.9 Å². The molecule has 0 atom stereocenters. The number of benzene rings is 2. The second-order valence-corrected chi connectivity index (χ2v) is 6.74. The van der Waals surface area contributed by atoms with E-state index in [0.29, 0.717) is 11.4 Å². The predicted octanol–water partition coefficient (Wildman–Crippen LogP) is 5.41. The minimum atomic E-state index is -0.496. The van der Waals surface area contributed by atoms with Crippen molar-refractivity contribution in [2.75, 3.05) is 5.32 Å². The van der Waals surface area contributed by atoms with Crippen molar-refractivity contribution in [2.45, 2.75) is 6.92 Å². The summed E-state index contributed by atoms with van der Waals surface area (Å²) in [5.74, 6) is -0.550. The molecule has 0 saturated heterocycles.